The smallest absolute Gasteiger partial charge is 0.257 e. The molecule has 0 radical (unpaired) electrons. The number of hydrogen-bond donors (Lipinski definition) is 2. The molecule has 0 saturated heterocycles. The van der Waals surface area contributed by atoms with E-state index in [1.54, 1.807) is 11.3 Å². The van der Waals surface area contributed by atoms with Crippen LogP contribution in [0.1, 0.15) is 102 Å². The fraction of sp³-hybridized carbons (Fsp3) is 0.583. The highest BCUT2D eigenvalue weighted by Crippen LogP contribution is 2.51. The van der Waals surface area contributed by atoms with E-state index >= 15 is 0 Å². The molecule has 6 nitrogen and oxygen atoms in total. The maximum atomic E-state index is 12.8. The van der Waals surface area contributed by atoms with Crippen molar-refractivity contribution in [3.8, 4) is 16.2 Å². The van der Waals surface area contributed by atoms with Crippen LogP contribution in [0.2, 0.25) is 0 Å². The van der Waals surface area contributed by atoms with Crippen LogP contribution < -0.4 is 15.4 Å². The Morgan fingerprint density at radius 3 is 2.26 bits per heavy atom. The van der Waals surface area contributed by atoms with Gasteiger partial charge < -0.3 is 15.4 Å². The predicted octanol–water partition coefficient (Wildman–Crippen LogP) is 7.92. The number of amides is 2. The molecule has 1 aromatic heterocycles. The van der Waals surface area contributed by atoms with Crippen LogP contribution in [0.5, 0.6) is 5.75 Å². The predicted molar refractivity (Wildman–Crippen MR) is 176 cm³/mol. The number of hydrogen-bond acceptors (Lipinski definition) is 5. The first-order valence-electron chi connectivity index (χ1n) is 16.0. The molecular formula is C36H50N2O4S. The van der Waals surface area contributed by atoms with E-state index in [4.69, 9.17) is 4.74 Å². The Bertz CT molecular complexity index is 1290. The molecule has 2 bridgehead atoms. The van der Waals surface area contributed by atoms with Gasteiger partial charge in [0.1, 0.15) is 5.75 Å². The van der Waals surface area contributed by atoms with Gasteiger partial charge >= 0.3 is 0 Å². The van der Waals surface area contributed by atoms with Crippen LogP contribution in [0.25, 0.3) is 16.0 Å². The number of benzene rings is 1. The lowest BCUT2D eigenvalue weighted by molar-refractivity contribution is -0.124. The molecule has 7 heteroatoms. The zero-order valence-electron chi connectivity index (χ0n) is 26.9. The lowest BCUT2D eigenvalue weighted by Crippen LogP contribution is -2.40. The van der Waals surface area contributed by atoms with Crippen molar-refractivity contribution in [2.45, 2.75) is 86.5 Å². The lowest BCUT2D eigenvalue weighted by atomic mass is 9.58. The summed E-state index contributed by atoms with van der Waals surface area (Å²) in [6, 6.07) is 9.61. The fourth-order valence-corrected chi connectivity index (χ4v) is 8.41. The highest BCUT2D eigenvalue weighted by Gasteiger charge is 2.41. The topological polar surface area (TPSA) is 84.5 Å². The molecule has 43 heavy (non-hydrogen) atoms. The summed E-state index contributed by atoms with van der Waals surface area (Å²) in [5.41, 5.74) is 3.00. The Hall–Kier alpha value is -2.93. The van der Waals surface area contributed by atoms with E-state index in [1.807, 2.05) is 64.1 Å². The van der Waals surface area contributed by atoms with E-state index in [9.17, 15) is 14.4 Å². The van der Waals surface area contributed by atoms with E-state index < -0.39 is 0 Å². The number of carbonyl (C=O) groups excluding carboxylic acids is 3. The average Bonchev–Trinajstić information content (AvgIpc) is 3.39. The Morgan fingerprint density at radius 1 is 1.02 bits per heavy atom. The number of thiophene rings is 1. The largest absolute Gasteiger partial charge is 0.484 e. The molecule has 2 unspecified atom stereocenters. The molecule has 0 spiro atoms. The maximum absolute atomic E-state index is 12.8. The van der Waals surface area contributed by atoms with Crippen molar-refractivity contribution in [3.63, 3.8) is 0 Å². The summed E-state index contributed by atoms with van der Waals surface area (Å²) in [4.78, 5) is 39.8. The molecule has 2 aliphatic rings. The molecule has 1 aromatic carbocycles. The van der Waals surface area contributed by atoms with Crippen LogP contribution in [-0.2, 0) is 9.59 Å². The van der Waals surface area contributed by atoms with Gasteiger partial charge in [-0.25, -0.2) is 0 Å². The molecule has 0 aliphatic heterocycles. The first-order valence-corrected chi connectivity index (χ1v) is 16.9. The molecule has 2 saturated carbocycles. The third kappa shape index (κ3) is 9.04. The van der Waals surface area contributed by atoms with Crippen LogP contribution in [0.4, 0.5) is 0 Å². The van der Waals surface area contributed by atoms with Gasteiger partial charge in [-0.3, -0.25) is 14.4 Å². The number of ketones is 1. The molecule has 2 aliphatic carbocycles. The zero-order valence-corrected chi connectivity index (χ0v) is 27.7. The minimum atomic E-state index is -0.188. The Morgan fingerprint density at radius 2 is 1.65 bits per heavy atom. The van der Waals surface area contributed by atoms with E-state index in [2.05, 4.69) is 24.5 Å². The standard InChI is InChI=1S/C36H50N2O4S/c1-7-25(5)35-30(34(41)23(2)3)18-31(43-35)28-9-11-29(12-10-28)42-22-33(40)38-14-8-13-37-32(39)21-36(6)19-26-15-24(4)16-27(17-26)20-36/h7,9-12,18,23-24,26-27H,8,13-17,19-22H2,1-6H3,(H,37,39)(H,38,40)/b25-7-. The summed E-state index contributed by atoms with van der Waals surface area (Å²) in [7, 11) is 0. The van der Waals surface area contributed by atoms with Crippen LogP contribution in [0, 0.1) is 29.1 Å². The van der Waals surface area contributed by atoms with Gasteiger partial charge in [0.15, 0.2) is 12.4 Å². The number of Topliss-reactive ketones (excluding diaryl/α,β-unsaturated/α-hetero) is 1. The van der Waals surface area contributed by atoms with Crippen LogP contribution in [0.15, 0.2) is 36.4 Å². The van der Waals surface area contributed by atoms with Gasteiger partial charge in [-0.15, -0.1) is 11.3 Å². The van der Waals surface area contributed by atoms with E-state index in [0.717, 1.165) is 44.2 Å². The average molecular weight is 607 g/mol. The molecule has 2 fully saturated rings. The van der Waals surface area contributed by atoms with Gasteiger partial charge in [0.2, 0.25) is 5.91 Å². The molecule has 2 atom stereocenters. The maximum Gasteiger partial charge on any atom is 0.257 e. The molecule has 234 valence electrons. The lowest BCUT2D eigenvalue weighted by Gasteiger charge is -2.47. The van der Waals surface area contributed by atoms with E-state index in [-0.39, 0.29) is 35.5 Å². The van der Waals surface area contributed by atoms with Crippen molar-refractivity contribution in [1.29, 1.82) is 0 Å². The van der Waals surface area contributed by atoms with Crippen molar-refractivity contribution < 1.29 is 19.1 Å². The number of allylic oxidation sites excluding steroid dienone is 2. The van der Waals surface area contributed by atoms with Crippen molar-refractivity contribution in [3.05, 3.63) is 46.8 Å². The van der Waals surface area contributed by atoms with Gasteiger partial charge in [0.05, 0.1) is 0 Å². The second kappa shape index (κ2) is 14.7. The van der Waals surface area contributed by atoms with Crippen molar-refractivity contribution in [2.24, 2.45) is 29.1 Å². The van der Waals surface area contributed by atoms with Gasteiger partial charge in [0, 0.05) is 40.7 Å². The fourth-order valence-electron chi connectivity index (χ4n) is 7.21. The number of rotatable bonds is 13. The highest BCUT2D eigenvalue weighted by molar-refractivity contribution is 7.17. The Labute approximate surface area is 262 Å². The van der Waals surface area contributed by atoms with Gasteiger partial charge in [0.25, 0.3) is 5.91 Å². The van der Waals surface area contributed by atoms with Crippen molar-refractivity contribution in [2.75, 3.05) is 19.7 Å². The van der Waals surface area contributed by atoms with Crippen molar-refractivity contribution in [1.82, 2.24) is 10.6 Å². The number of ether oxygens (including phenoxy) is 1. The minimum Gasteiger partial charge on any atom is -0.484 e. The quantitative estimate of drug-likeness (QED) is 0.179. The Balaban J connectivity index is 1.16. The van der Waals surface area contributed by atoms with Gasteiger partial charge in [-0.05, 0) is 117 Å². The van der Waals surface area contributed by atoms with E-state index in [0.29, 0.717) is 31.7 Å². The number of carbonyl (C=O) groups is 3. The molecular weight excluding hydrogens is 556 g/mol. The Kier molecular flexibility index (Phi) is 11.3. The second-order valence-electron chi connectivity index (χ2n) is 13.7. The van der Waals surface area contributed by atoms with Gasteiger partial charge in [-0.1, -0.05) is 33.8 Å². The summed E-state index contributed by atoms with van der Waals surface area (Å²) in [6.07, 6.45) is 9.65. The third-order valence-corrected chi connectivity index (χ3v) is 10.4. The summed E-state index contributed by atoms with van der Waals surface area (Å²) in [5, 5.41) is 5.94. The SMILES string of the molecule is C/C=C(/C)c1sc(-c2ccc(OCC(=O)NCCCNC(=O)CC3(C)CC4CC(C)CC(C4)C3)cc2)cc1C(=O)C(C)C. The number of nitrogens with one attached hydrogen (secondary N) is 2. The van der Waals surface area contributed by atoms with Crippen LogP contribution in [0.3, 0.4) is 0 Å². The zero-order chi connectivity index (χ0) is 31.1. The monoisotopic (exact) mass is 606 g/mol. The first-order chi connectivity index (χ1) is 20.5. The molecule has 2 aromatic rings. The molecule has 2 N–H and O–H groups in total. The second-order valence-corrected chi connectivity index (χ2v) is 14.7. The van der Waals surface area contributed by atoms with Gasteiger partial charge in [-0.2, -0.15) is 0 Å². The number of fused-ring (bicyclic) bond motifs is 2. The van der Waals surface area contributed by atoms with Crippen LogP contribution >= 0.6 is 11.3 Å². The third-order valence-electron chi connectivity index (χ3n) is 9.11. The van der Waals surface area contributed by atoms with E-state index in [1.165, 1.54) is 32.1 Å². The van der Waals surface area contributed by atoms with Crippen molar-refractivity contribution >= 4 is 34.5 Å². The summed E-state index contributed by atoms with van der Waals surface area (Å²) in [6.45, 7) is 13.5. The summed E-state index contributed by atoms with van der Waals surface area (Å²) >= 11 is 1.62. The minimum absolute atomic E-state index is 0.0646. The summed E-state index contributed by atoms with van der Waals surface area (Å²) in [5.74, 6) is 3.04. The molecule has 2 amide bonds. The highest BCUT2D eigenvalue weighted by atomic mass is 32.1. The normalized spacial score (nSPS) is 23.6. The molecule has 4 rings (SSSR count). The summed E-state index contributed by atoms with van der Waals surface area (Å²) < 4.78 is 5.70. The van der Waals surface area contributed by atoms with Crippen LogP contribution in [-0.4, -0.2) is 37.3 Å². The first kappa shape index (κ1) is 33.0. The molecule has 1 heterocycles.